The van der Waals surface area contributed by atoms with Crippen LogP contribution in [-0.4, -0.2) is 30.8 Å². The molecule has 1 aromatic carbocycles. The van der Waals surface area contributed by atoms with Gasteiger partial charge in [0.25, 0.3) is 0 Å². The van der Waals surface area contributed by atoms with Gasteiger partial charge in [-0.05, 0) is 12.1 Å². The molecule has 4 N–H and O–H groups in total. The Bertz CT molecular complexity index is 793. The molecule has 0 spiro atoms. The van der Waals surface area contributed by atoms with Crippen molar-refractivity contribution in [1.82, 2.24) is 9.71 Å². The highest BCUT2D eigenvalue weighted by molar-refractivity contribution is 6.74. The lowest BCUT2D eigenvalue weighted by Gasteiger charge is -2.07. The maximum absolute atomic E-state index is 9.92. The highest BCUT2D eigenvalue weighted by Crippen LogP contribution is 2.22. The minimum Gasteiger partial charge on any atom is -0.426 e. The zero-order chi connectivity index (χ0) is 15.6. The topological polar surface area (TPSA) is 113 Å². The Morgan fingerprint density at radius 1 is 1.38 bits per heavy atom. The Balaban J connectivity index is 2.52. The van der Waals surface area contributed by atoms with E-state index in [1.54, 1.807) is 24.3 Å². The van der Waals surface area contributed by atoms with E-state index in [-0.39, 0.29) is 17.0 Å². The average Bonchev–Trinajstić information content (AvgIpc) is 2.41. The third-order valence-electron chi connectivity index (χ3n) is 2.39. The maximum atomic E-state index is 9.92. The second-order valence-electron chi connectivity index (χ2n) is 3.88. The second-order valence-corrected chi connectivity index (χ2v) is 6.25. The van der Waals surface area contributed by atoms with Crippen molar-refractivity contribution in [3.63, 3.8) is 0 Å². The standard InChI is InChI=1S/C11H9Cl3N6O/c12-11(13,14)5-17-19-9(15)8-10(16)20(21)7-4-2-1-3-6(7)18-8/h1-5,16,21H,(H2,15,19). The average molecular weight is 348 g/mol. The minimum absolute atomic E-state index is 0.0438. The number of nitrogens with one attached hydrogen (secondary N) is 1. The number of nitrogens with two attached hydrogens (primary N) is 1. The monoisotopic (exact) mass is 346 g/mol. The molecule has 7 nitrogen and oxygen atoms in total. The normalized spacial score (nSPS) is 13.2. The van der Waals surface area contributed by atoms with Crippen molar-refractivity contribution in [2.75, 3.05) is 0 Å². The quantitative estimate of drug-likeness (QED) is 0.253. The highest BCUT2D eigenvalue weighted by atomic mass is 35.6. The van der Waals surface area contributed by atoms with Gasteiger partial charge in [-0.3, -0.25) is 5.41 Å². The molecule has 1 aromatic heterocycles. The van der Waals surface area contributed by atoms with Crippen LogP contribution >= 0.6 is 34.8 Å². The first-order chi connectivity index (χ1) is 9.79. The van der Waals surface area contributed by atoms with Gasteiger partial charge < -0.3 is 10.9 Å². The lowest BCUT2D eigenvalue weighted by molar-refractivity contribution is 0.183. The Kier molecular flexibility index (Phi) is 4.36. The molecule has 0 saturated carbocycles. The summed E-state index contributed by atoms with van der Waals surface area (Å²) in [5, 5.41) is 24.8. The van der Waals surface area contributed by atoms with Crippen LogP contribution in [0.25, 0.3) is 11.0 Å². The number of rotatable bonds is 2. The van der Waals surface area contributed by atoms with E-state index in [2.05, 4.69) is 15.2 Å². The number of fused-ring (bicyclic) bond motifs is 1. The number of hydrogen-bond donors (Lipinski definition) is 3. The van der Waals surface area contributed by atoms with E-state index in [0.717, 1.165) is 6.21 Å². The number of alkyl halides is 3. The number of hydrogen-bond acceptors (Lipinski definition) is 5. The van der Waals surface area contributed by atoms with Crippen LogP contribution in [0.4, 0.5) is 0 Å². The molecular weight excluding hydrogens is 339 g/mol. The largest absolute Gasteiger partial charge is 0.426 e. The Labute approximate surface area is 133 Å². The summed E-state index contributed by atoms with van der Waals surface area (Å²) in [6, 6.07) is 6.71. The maximum Gasteiger partial charge on any atom is 0.227 e. The molecule has 0 aliphatic heterocycles. The summed E-state index contributed by atoms with van der Waals surface area (Å²) in [6.45, 7) is 0. The van der Waals surface area contributed by atoms with Gasteiger partial charge in [-0.1, -0.05) is 46.9 Å². The molecule has 0 unspecified atom stereocenters. The van der Waals surface area contributed by atoms with Crippen molar-refractivity contribution in [2.24, 2.45) is 15.9 Å². The van der Waals surface area contributed by atoms with Gasteiger partial charge in [-0.15, -0.1) is 5.10 Å². The summed E-state index contributed by atoms with van der Waals surface area (Å²) in [4.78, 5) is 4.15. The molecule has 0 amide bonds. The van der Waals surface area contributed by atoms with E-state index in [4.69, 9.17) is 45.9 Å². The molecule has 2 rings (SSSR count). The second kappa shape index (κ2) is 5.88. The number of nitrogens with zero attached hydrogens (tertiary/aromatic N) is 4. The fourth-order valence-corrected chi connectivity index (χ4v) is 1.65. The van der Waals surface area contributed by atoms with Gasteiger partial charge in [0.2, 0.25) is 3.79 Å². The van der Waals surface area contributed by atoms with E-state index in [0.29, 0.717) is 15.8 Å². The summed E-state index contributed by atoms with van der Waals surface area (Å²) < 4.78 is -1.06. The summed E-state index contributed by atoms with van der Waals surface area (Å²) >= 11 is 16.4. The first-order valence-electron chi connectivity index (χ1n) is 5.50. The van der Waals surface area contributed by atoms with Crippen LogP contribution in [0.3, 0.4) is 0 Å². The minimum atomic E-state index is -1.71. The van der Waals surface area contributed by atoms with Crippen molar-refractivity contribution in [3.8, 4) is 0 Å². The van der Waals surface area contributed by atoms with E-state index < -0.39 is 3.79 Å². The number of para-hydroxylation sites is 2. The molecule has 0 radical (unpaired) electrons. The molecule has 0 bridgehead atoms. The zero-order valence-corrected chi connectivity index (χ0v) is 12.6. The van der Waals surface area contributed by atoms with Crippen molar-refractivity contribution in [2.45, 2.75) is 3.79 Å². The van der Waals surface area contributed by atoms with Crippen LogP contribution < -0.4 is 11.2 Å². The fraction of sp³-hybridized carbons (Fsp3) is 0.0909. The fourth-order valence-electron chi connectivity index (χ4n) is 1.51. The Morgan fingerprint density at radius 3 is 2.71 bits per heavy atom. The molecule has 0 aliphatic carbocycles. The molecular formula is C11H9Cl3N6O. The third kappa shape index (κ3) is 3.63. The predicted octanol–water partition coefficient (Wildman–Crippen LogP) is 1.81. The van der Waals surface area contributed by atoms with Gasteiger partial charge >= 0.3 is 0 Å². The molecule has 2 aromatic rings. The van der Waals surface area contributed by atoms with Gasteiger partial charge in [-0.2, -0.15) is 9.83 Å². The van der Waals surface area contributed by atoms with Crippen LogP contribution in [-0.2, 0) is 0 Å². The predicted molar refractivity (Wildman–Crippen MR) is 82.3 cm³/mol. The van der Waals surface area contributed by atoms with E-state index >= 15 is 0 Å². The van der Waals surface area contributed by atoms with Crippen LogP contribution in [0.2, 0.25) is 0 Å². The van der Waals surface area contributed by atoms with E-state index in [1.807, 2.05) is 0 Å². The van der Waals surface area contributed by atoms with E-state index in [9.17, 15) is 5.21 Å². The lowest BCUT2D eigenvalue weighted by atomic mass is 10.3. The van der Waals surface area contributed by atoms with Crippen molar-refractivity contribution in [3.05, 3.63) is 35.4 Å². The molecule has 0 aliphatic rings. The highest BCUT2D eigenvalue weighted by Gasteiger charge is 2.15. The van der Waals surface area contributed by atoms with Crippen molar-refractivity contribution >= 4 is 57.9 Å². The Morgan fingerprint density at radius 2 is 2.05 bits per heavy atom. The smallest absolute Gasteiger partial charge is 0.227 e. The zero-order valence-electron chi connectivity index (χ0n) is 10.3. The molecule has 0 saturated heterocycles. The Hall–Kier alpha value is -1.83. The van der Waals surface area contributed by atoms with E-state index in [1.165, 1.54) is 0 Å². The van der Waals surface area contributed by atoms with Crippen molar-refractivity contribution < 1.29 is 5.21 Å². The van der Waals surface area contributed by atoms with Gasteiger partial charge in [0.1, 0.15) is 5.52 Å². The van der Waals surface area contributed by atoms with Gasteiger partial charge in [0.05, 0.1) is 11.7 Å². The van der Waals surface area contributed by atoms with Crippen LogP contribution in [0, 0.1) is 5.41 Å². The number of halogens is 3. The SMILES string of the molecule is N=c1c(C(N)=NN=CC(Cl)(Cl)Cl)nc2ccccc2n1O. The van der Waals surface area contributed by atoms with Crippen LogP contribution in [0.15, 0.2) is 34.5 Å². The summed E-state index contributed by atoms with van der Waals surface area (Å²) in [5.41, 5.74) is 6.11. The number of amidine groups is 1. The van der Waals surface area contributed by atoms with Crippen LogP contribution in [0.1, 0.15) is 5.69 Å². The van der Waals surface area contributed by atoms with Gasteiger partial charge in [-0.25, -0.2) is 4.98 Å². The first-order valence-corrected chi connectivity index (χ1v) is 6.63. The number of aromatic nitrogens is 2. The lowest BCUT2D eigenvalue weighted by Crippen LogP contribution is -2.31. The third-order valence-corrected chi connectivity index (χ3v) is 2.68. The molecule has 21 heavy (non-hydrogen) atoms. The summed E-state index contributed by atoms with van der Waals surface area (Å²) in [6.07, 6.45) is 0.947. The summed E-state index contributed by atoms with van der Waals surface area (Å²) in [7, 11) is 0. The number of benzene rings is 1. The molecule has 0 fully saturated rings. The van der Waals surface area contributed by atoms with Gasteiger partial charge in [0, 0.05) is 0 Å². The summed E-state index contributed by atoms with van der Waals surface area (Å²) in [5.74, 6) is -0.195. The molecule has 10 heteroatoms. The molecule has 110 valence electrons. The van der Waals surface area contributed by atoms with Crippen molar-refractivity contribution in [1.29, 1.82) is 5.41 Å². The molecule has 1 heterocycles. The molecule has 0 atom stereocenters. The van der Waals surface area contributed by atoms with Gasteiger partial charge in [0.15, 0.2) is 17.0 Å². The van der Waals surface area contributed by atoms with Crippen LogP contribution in [0.5, 0.6) is 0 Å². The first kappa shape index (κ1) is 15.6.